The first-order chi connectivity index (χ1) is 8.15. The third-order valence-corrected chi connectivity index (χ3v) is 2.71. The highest BCUT2D eigenvalue weighted by molar-refractivity contribution is 5.92. The van der Waals surface area contributed by atoms with Crippen LogP contribution in [-0.4, -0.2) is 5.91 Å². The molecule has 1 heterocycles. The topological polar surface area (TPSA) is 42.2 Å². The lowest BCUT2D eigenvalue weighted by molar-refractivity contribution is -0.115. The number of anilines is 1. The molecule has 0 radical (unpaired) electrons. The van der Waals surface area contributed by atoms with Crippen molar-refractivity contribution in [3.63, 3.8) is 0 Å². The van der Waals surface area contributed by atoms with Crippen LogP contribution in [-0.2, 0) is 11.2 Å². The summed E-state index contributed by atoms with van der Waals surface area (Å²) >= 11 is 0. The lowest BCUT2D eigenvalue weighted by Gasteiger charge is -2.06. The van der Waals surface area contributed by atoms with Crippen LogP contribution >= 0.6 is 0 Å². The molecule has 1 amide bonds. The first-order valence-electron chi connectivity index (χ1n) is 5.54. The standard InChI is InChI=1S/C14H15NO2/c1-10-5-6-12(8-11(10)2)15-14(16)9-13-4-3-7-17-13/h3-8H,9H2,1-2H3,(H,15,16). The maximum absolute atomic E-state index is 11.7. The van der Waals surface area contributed by atoms with Gasteiger partial charge in [-0.05, 0) is 49.2 Å². The Morgan fingerprint density at radius 2 is 2.06 bits per heavy atom. The molecule has 1 aromatic carbocycles. The fraction of sp³-hybridized carbons (Fsp3) is 0.214. The number of hydrogen-bond acceptors (Lipinski definition) is 2. The summed E-state index contributed by atoms with van der Waals surface area (Å²) in [7, 11) is 0. The van der Waals surface area contributed by atoms with E-state index in [1.54, 1.807) is 18.4 Å². The van der Waals surface area contributed by atoms with E-state index in [0.29, 0.717) is 5.76 Å². The number of nitrogens with one attached hydrogen (secondary N) is 1. The zero-order valence-corrected chi connectivity index (χ0v) is 9.99. The molecule has 0 aliphatic rings. The Hall–Kier alpha value is -2.03. The predicted molar refractivity (Wildman–Crippen MR) is 67.0 cm³/mol. The van der Waals surface area contributed by atoms with E-state index in [-0.39, 0.29) is 12.3 Å². The molecule has 0 unspecified atom stereocenters. The number of furan rings is 1. The number of benzene rings is 1. The molecule has 3 heteroatoms. The van der Waals surface area contributed by atoms with Crippen molar-refractivity contribution in [3.8, 4) is 0 Å². The van der Waals surface area contributed by atoms with Crippen molar-refractivity contribution < 1.29 is 9.21 Å². The van der Waals surface area contributed by atoms with Gasteiger partial charge in [0, 0.05) is 5.69 Å². The van der Waals surface area contributed by atoms with Gasteiger partial charge in [0.2, 0.25) is 5.91 Å². The molecule has 17 heavy (non-hydrogen) atoms. The molecule has 88 valence electrons. The summed E-state index contributed by atoms with van der Waals surface area (Å²) in [5.74, 6) is 0.606. The van der Waals surface area contributed by atoms with Crippen molar-refractivity contribution in [1.29, 1.82) is 0 Å². The quantitative estimate of drug-likeness (QED) is 0.878. The molecule has 0 bridgehead atoms. The van der Waals surface area contributed by atoms with Gasteiger partial charge in [0.05, 0.1) is 12.7 Å². The third-order valence-electron chi connectivity index (χ3n) is 2.71. The first kappa shape index (κ1) is 11.5. The van der Waals surface area contributed by atoms with E-state index in [4.69, 9.17) is 4.42 Å². The van der Waals surface area contributed by atoms with E-state index in [0.717, 1.165) is 5.69 Å². The average molecular weight is 229 g/mol. The average Bonchev–Trinajstić information content (AvgIpc) is 2.76. The second kappa shape index (κ2) is 4.87. The minimum Gasteiger partial charge on any atom is -0.469 e. The van der Waals surface area contributed by atoms with Crippen molar-refractivity contribution >= 4 is 11.6 Å². The van der Waals surface area contributed by atoms with Gasteiger partial charge >= 0.3 is 0 Å². The van der Waals surface area contributed by atoms with Crippen LogP contribution in [0.25, 0.3) is 0 Å². The second-order valence-corrected chi connectivity index (χ2v) is 4.10. The fourth-order valence-electron chi connectivity index (χ4n) is 1.60. The SMILES string of the molecule is Cc1ccc(NC(=O)Cc2ccco2)cc1C. The highest BCUT2D eigenvalue weighted by Crippen LogP contribution is 2.14. The van der Waals surface area contributed by atoms with Crippen LogP contribution in [0.4, 0.5) is 5.69 Å². The third kappa shape index (κ3) is 2.97. The van der Waals surface area contributed by atoms with E-state index >= 15 is 0 Å². The van der Waals surface area contributed by atoms with Gasteiger partial charge in [0.25, 0.3) is 0 Å². The maximum atomic E-state index is 11.7. The highest BCUT2D eigenvalue weighted by Gasteiger charge is 2.06. The number of carbonyl (C=O) groups excluding carboxylic acids is 1. The van der Waals surface area contributed by atoms with Gasteiger partial charge in [0.15, 0.2) is 0 Å². The minimum absolute atomic E-state index is 0.0665. The zero-order valence-electron chi connectivity index (χ0n) is 9.99. The normalized spacial score (nSPS) is 10.2. The summed E-state index contributed by atoms with van der Waals surface area (Å²) in [6.07, 6.45) is 1.83. The smallest absolute Gasteiger partial charge is 0.231 e. The van der Waals surface area contributed by atoms with E-state index in [2.05, 4.69) is 5.32 Å². The van der Waals surface area contributed by atoms with Crippen LogP contribution in [0, 0.1) is 13.8 Å². The molecule has 0 spiro atoms. The molecule has 0 aliphatic heterocycles. The molecule has 3 nitrogen and oxygen atoms in total. The van der Waals surface area contributed by atoms with Gasteiger partial charge < -0.3 is 9.73 Å². The van der Waals surface area contributed by atoms with Gasteiger partial charge in [-0.1, -0.05) is 6.07 Å². The highest BCUT2D eigenvalue weighted by atomic mass is 16.3. The summed E-state index contributed by atoms with van der Waals surface area (Å²) in [6, 6.07) is 9.44. The Morgan fingerprint density at radius 3 is 2.71 bits per heavy atom. The summed E-state index contributed by atoms with van der Waals surface area (Å²) in [5.41, 5.74) is 3.21. The minimum atomic E-state index is -0.0665. The van der Waals surface area contributed by atoms with Gasteiger partial charge in [0.1, 0.15) is 5.76 Å². The van der Waals surface area contributed by atoms with Crippen molar-refractivity contribution in [2.45, 2.75) is 20.3 Å². The van der Waals surface area contributed by atoms with Crippen molar-refractivity contribution in [3.05, 3.63) is 53.5 Å². The van der Waals surface area contributed by atoms with Gasteiger partial charge in [-0.25, -0.2) is 0 Å². The van der Waals surface area contributed by atoms with Gasteiger partial charge in [-0.3, -0.25) is 4.79 Å². The van der Waals surface area contributed by atoms with E-state index in [9.17, 15) is 4.79 Å². The van der Waals surface area contributed by atoms with Crippen molar-refractivity contribution in [1.82, 2.24) is 0 Å². The van der Waals surface area contributed by atoms with Crippen LogP contribution in [0.5, 0.6) is 0 Å². The Morgan fingerprint density at radius 1 is 1.24 bits per heavy atom. The van der Waals surface area contributed by atoms with Crippen LogP contribution < -0.4 is 5.32 Å². The molecular formula is C14H15NO2. The van der Waals surface area contributed by atoms with Gasteiger partial charge in [-0.15, -0.1) is 0 Å². The van der Waals surface area contributed by atoms with Crippen molar-refractivity contribution in [2.75, 3.05) is 5.32 Å². The monoisotopic (exact) mass is 229 g/mol. The maximum Gasteiger partial charge on any atom is 0.231 e. The fourth-order valence-corrected chi connectivity index (χ4v) is 1.60. The van der Waals surface area contributed by atoms with E-state index in [1.165, 1.54) is 11.1 Å². The molecular weight excluding hydrogens is 214 g/mol. The van der Waals surface area contributed by atoms with Crippen LogP contribution in [0.1, 0.15) is 16.9 Å². The number of aryl methyl sites for hydroxylation is 2. The summed E-state index contributed by atoms with van der Waals surface area (Å²) in [5, 5.41) is 2.85. The Bertz CT molecular complexity index is 515. The molecule has 1 N–H and O–H groups in total. The zero-order chi connectivity index (χ0) is 12.3. The number of carbonyl (C=O) groups is 1. The predicted octanol–water partition coefficient (Wildman–Crippen LogP) is 3.08. The van der Waals surface area contributed by atoms with Crippen LogP contribution in [0.2, 0.25) is 0 Å². The first-order valence-corrected chi connectivity index (χ1v) is 5.54. The van der Waals surface area contributed by atoms with Gasteiger partial charge in [-0.2, -0.15) is 0 Å². The Balaban J connectivity index is 2.00. The molecule has 0 saturated carbocycles. The summed E-state index contributed by atoms with van der Waals surface area (Å²) in [4.78, 5) is 11.7. The van der Waals surface area contributed by atoms with Crippen LogP contribution in [0.3, 0.4) is 0 Å². The number of rotatable bonds is 3. The van der Waals surface area contributed by atoms with Crippen LogP contribution in [0.15, 0.2) is 41.0 Å². The van der Waals surface area contributed by atoms with Crippen molar-refractivity contribution in [2.24, 2.45) is 0 Å². The van der Waals surface area contributed by atoms with E-state index in [1.807, 2.05) is 32.0 Å². The molecule has 0 fully saturated rings. The largest absolute Gasteiger partial charge is 0.469 e. The van der Waals surface area contributed by atoms with E-state index < -0.39 is 0 Å². The lowest BCUT2D eigenvalue weighted by atomic mass is 10.1. The summed E-state index contributed by atoms with van der Waals surface area (Å²) in [6.45, 7) is 4.07. The molecule has 1 aromatic heterocycles. The molecule has 0 saturated heterocycles. The number of hydrogen-bond donors (Lipinski definition) is 1. The summed E-state index contributed by atoms with van der Waals surface area (Å²) < 4.78 is 5.12. The molecule has 2 aromatic rings. The molecule has 0 atom stereocenters. The second-order valence-electron chi connectivity index (χ2n) is 4.10. The number of amides is 1. The Labute approximate surface area is 100 Å². The molecule has 0 aliphatic carbocycles. The molecule has 2 rings (SSSR count). The lowest BCUT2D eigenvalue weighted by Crippen LogP contribution is -2.14. The Kier molecular flexibility index (Phi) is 3.28.